The summed E-state index contributed by atoms with van der Waals surface area (Å²) in [5.41, 5.74) is -2.14. The molecule has 5 atom stereocenters. The summed E-state index contributed by atoms with van der Waals surface area (Å²) in [6, 6.07) is 2.92. The fourth-order valence-electron chi connectivity index (χ4n) is 5.43. The van der Waals surface area contributed by atoms with Gasteiger partial charge in [0, 0.05) is 12.5 Å². The Hall–Kier alpha value is -1.18. The van der Waals surface area contributed by atoms with Crippen molar-refractivity contribution in [2.24, 2.45) is 11.8 Å². The van der Waals surface area contributed by atoms with Crippen LogP contribution < -0.4 is 5.32 Å². The van der Waals surface area contributed by atoms with E-state index < -0.39 is 31.5 Å². The number of nitrogens with one attached hydrogen (secondary N) is 1. The van der Waals surface area contributed by atoms with Crippen LogP contribution in [0, 0.1) is 11.8 Å². The maximum absolute atomic E-state index is 13.0. The van der Waals surface area contributed by atoms with Gasteiger partial charge in [0.05, 0.1) is 12.0 Å². The molecule has 3 aliphatic rings. The molecule has 1 amide bonds. The van der Waals surface area contributed by atoms with Crippen LogP contribution in [-0.4, -0.2) is 49.2 Å². The highest BCUT2D eigenvalue weighted by Gasteiger charge is 2.80. The second-order valence-electron chi connectivity index (χ2n) is 8.66. The van der Waals surface area contributed by atoms with E-state index in [0.717, 1.165) is 37.4 Å². The van der Waals surface area contributed by atoms with E-state index in [0.29, 0.717) is 0 Å². The third-order valence-corrected chi connectivity index (χ3v) is 12.2. The van der Waals surface area contributed by atoms with Gasteiger partial charge in [-0.25, -0.2) is 4.79 Å². The first kappa shape index (κ1) is 21.5. The van der Waals surface area contributed by atoms with E-state index in [1.807, 2.05) is 6.92 Å². The Kier molecular flexibility index (Phi) is 6.09. The minimum absolute atomic E-state index is 0.0747. The van der Waals surface area contributed by atoms with Gasteiger partial charge < -0.3 is 19.6 Å². The Morgan fingerprint density at radius 2 is 2.00 bits per heavy atom. The summed E-state index contributed by atoms with van der Waals surface area (Å²) in [4.78, 5) is 25.8. The molecule has 2 N–H and O–H groups in total. The molecule has 7 heteroatoms. The number of hydrogen-bond acceptors (Lipinski definition) is 5. The Morgan fingerprint density at radius 3 is 2.50 bits per heavy atom. The molecule has 1 aliphatic carbocycles. The highest BCUT2D eigenvalue weighted by molar-refractivity contribution is 6.73. The van der Waals surface area contributed by atoms with E-state index in [1.165, 1.54) is 0 Å². The number of esters is 1. The van der Waals surface area contributed by atoms with Crippen LogP contribution in [0.1, 0.15) is 53.4 Å². The quantitative estimate of drug-likeness (QED) is 0.347. The van der Waals surface area contributed by atoms with Crippen molar-refractivity contribution in [3.8, 4) is 0 Å². The van der Waals surface area contributed by atoms with Crippen molar-refractivity contribution in [1.29, 1.82) is 0 Å². The fourth-order valence-corrected chi connectivity index (χ4v) is 8.32. The van der Waals surface area contributed by atoms with E-state index in [9.17, 15) is 14.7 Å². The minimum Gasteiger partial charge on any atom is -0.453 e. The van der Waals surface area contributed by atoms with Gasteiger partial charge in [-0.2, -0.15) is 0 Å². The van der Waals surface area contributed by atoms with Crippen molar-refractivity contribution in [2.75, 3.05) is 6.61 Å². The number of hydrogen-bond donors (Lipinski definition) is 2. The lowest BCUT2D eigenvalue weighted by molar-refractivity contribution is -0.237. The summed E-state index contributed by atoms with van der Waals surface area (Å²) in [5.74, 6) is -1.08. The number of aliphatic hydroxyl groups is 1. The first-order valence-corrected chi connectivity index (χ1v) is 13.4. The molecule has 0 radical (unpaired) electrons. The van der Waals surface area contributed by atoms with E-state index in [1.54, 1.807) is 0 Å². The van der Waals surface area contributed by atoms with E-state index in [4.69, 9.17) is 9.16 Å². The normalized spacial score (nSPS) is 35.8. The molecule has 6 nitrogen and oxygen atoms in total. The van der Waals surface area contributed by atoms with Crippen LogP contribution in [0.4, 0.5) is 0 Å². The number of aliphatic hydroxyl groups excluding tert-OH is 1. The first-order chi connectivity index (χ1) is 13.3. The maximum Gasteiger partial charge on any atom is 0.339 e. The molecule has 2 fully saturated rings. The summed E-state index contributed by atoms with van der Waals surface area (Å²) >= 11 is 0. The number of rotatable bonds is 9. The van der Waals surface area contributed by atoms with Gasteiger partial charge in [-0.1, -0.05) is 32.9 Å². The molecule has 2 heterocycles. The predicted octanol–water partition coefficient (Wildman–Crippen LogP) is 2.92. The highest BCUT2D eigenvalue weighted by atomic mass is 28.4. The molecular weight excluding hydrogens is 374 g/mol. The molecule has 2 saturated heterocycles. The van der Waals surface area contributed by atoms with Crippen LogP contribution in [0.15, 0.2) is 12.2 Å². The third-order valence-electron chi connectivity index (χ3n) is 7.55. The van der Waals surface area contributed by atoms with Gasteiger partial charge in [0.25, 0.3) is 0 Å². The Balaban J connectivity index is 2.06. The molecule has 2 aliphatic heterocycles. The zero-order chi connectivity index (χ0) is 20.6. The minimum atomic E-state index is -2.04. The molecule has 0 aromatic rings. The molecule has 3 rings (SSSR count). The van der Waals surface area contributed by atoms with E-state index in [2.05, 4.69) is 38.2 Å². The fraction of sp³-hybridized carbons (Fsp3) is 0.810. The van der Waals surface area contributed by atoms with Gasteiger partial charge in [0.1, 0.15) is 0 Å². The smallest absolute Gasteiger partial charge is 0.339 e. The number of fused-ring (bicyclic) bond motifs is 1. The Bertz CT molecular complexity index is 640. The zero-order valence-electron chi connectivity index (χ0n) is 17.6. The van der Waals surface area contributed by atoms with E-state index >= 15 is 0 Å². The van der Waals surface area contributed by atoms with Gasteiger partial charge in [-0.15, -0.1) is 0 Å². The van der Waals surface area contributed by atoms with Crippen LogP contribution in [0.2, 0.25) is 18.1 Å². The molecule has 0 unspecified atom stereocenters. The topological polar surface area (TPSA) is 84.9 Å². The number of ether oxygens (including phenoxy) is 1. The van der Waals surface area contributed by atoms with Crippen LogP contribution >= 0.6 is 0 Å². The standard InChI is InChI=1S/C21H35NO5Si/c1-5-28(6-2,7-3)27-17(15-11-9-8-10-12-15)21-19(25)26-20(21,4)16(13-14-23)18(24)22-21/h9,11,15-17,23H,5-8,10,12-14H2,1-4H3,(H,22,24)/t15-,16+,17+,20+,21+/m1/s1. The van der Waals surface area contributed by atoms with Crippen LogP contribution in [0.5, 0.6) is 0 Å². The van der Waals surface area contributed by atoms with Crippen molar-refractivity contribution in [3.05, 3.63) is 12.2 Å². The summed E-state index contributed by atoms with van der Waals surface area (Å²) in [5, 5.41) is 12.5. The van der Waals surface area contributed by atoms with Crippen LogP contribution in [0.3, 0.4) is 0 Å². The van der Waals surface area contributed by atoms with Crippen LogP contribution in [0.25, 0.3) is 0 Å². The molecule has 0 aromatic carbocycles. The molecule has 0 spiro atoms. The van der Waals surface area contributed by atoms with Gasteiger partial charge in [-0.05, 0) is 50.7 Å². The van der Waals surface area contributed by atoms with Gasteiger partial charge in [-0.3, -0.25) is 4.79 Å². The maximum atomic E-state index is 13.0. The highest BCUT2D eigenvalue weighted by Crippen LogP contribution is 2.55. The number of carbonyl (C=O) groups is 2. The summed E-state index contributed by atoms with van der Waals surface area (Å²) in [7, 11) is -2.04. The van der Waals surface area contributed by atoms with Crippen molar-refractivity contribution in [2.45, 2.75) is 88.8 Å². The number of amides is 1. The van der Waals surface area contributed by atoms with Crippen molar-refractivity contribution in [3.63, 3.8) is 0 Å². The summed E-state index contributed by atoms with van der Waals surface area (Å²) in [6.07, 6.45) is 7.22. The van der Waals surface area contributed by atoms with Crippen molar-refractivity contribution in [1.82, 2.24) is 5.32 Å². The van der Waals surface area contributed by atoms with Crippen molar-refractivity contribution >= 4 is 20.2 Å². The lowest BCUT2D eigenvalue weighted by atomic mass is 9.64. The SMILES string of the molecule is CC[Si](CC)(CC)O[C@@H]([C@@H]1C=CCCC1)[C@@]12NC(=O)[C@H](CCO)[C@]1(C)OC2=O. The van der Waals surface area contributed by atoms with Gasteiger partial charge >= 0.3 is 5.97 Å². The van der Waals surface area contributed by atoms with E-state index in [-0.39, 0.29) is 30.8 Å². The Labute approximate surface area is 169 Å². The largest absolute Gasteiger partial charge is 0.453 e. The summed E-state index contributed by atoms with van der Waals surface area (Å²) in [6.45, 7) is 8.23. The lowest BCUT2D eigenvalue weighted by Gasteiger charge is -2.57. The second-order valence-corrected chi connectivity index (χ2v) is 13.4. The average molecular weight is 410 g/mol. The lowest BCUT2D eigenvalue weighted by Crippen LogP contribution is -2.81. The van der Waals surface area contributed by atoms with Crippen LogP contribution in [-0.2, 0) is 18.8 Å². The number of allylic oxidation sites excluding steroid dienone is 1. The molecule has 0 saturated carbocycles. The molecule has 0 bridgehead atoms. The molecule has 0 aromatic heterocycles. The number of carbonyl (C=O) groups excluding carboxylic acids is 2. The monoisotopic (exact) mass is 409 g/mol. The summed E-state index contributed by atoms with van der Waals surface area (Å²) < 4.78 is 12.6. The third kappa shape index (κ3) is 2.97. The zero-order valence-corrected chi connectivity index (χ0v) is 18.6. The second kappa shape index (κ2) is 7.92. The molecule has 158 valence electrons. The predicted molar refractivity (Wildman–Crippen MR) is 109 cm³/mol. The van der Waals surface area contributed by atoms with Gasteiger partial charge in [0.15, 0.2) is 13.9 Å². The molecular formula is C21H35NO5Si. The first-order valence-electron chi connectivity index (χ1n) is 10.8. The average Bonchev–Trinajstić information content (AvgIpc) is 2.88. The Morgan fingerprint density at radius 1 is 1.32 bits per heavy atom. The van der Waals surface area contributed by atoms with Crippen molar-refractivity contribution < 1.29 is 23.9 Å². The molecule has 28 heavy (non-hydrogen) atoms. The van der Waals surface area contributed by atoms with Gasteiger partial charge in [0.2, 0.25) is 11.4 Å².